The smallest absolute Gasteiger partial charge is 0.316 e. The van der Waals surface area contributed by atoms with Crippen LogP contribution in [0.5, 0.6) is 0 Å². The van der Waals surface area contributed by atoms with Crippen LogP contribution in [-0.4, -0.2) is 6.18 Å². The quantitative estimate of drug-likeness (QED) is 0.689. The Morgan fingerprint density at radius 1 is 1.36 bits per heavy atom. The van der Waals surface area contributed by atoms with Crippen LogP contribution in [-0.2, 0) is 0 Å². The van der Waals surface area contributed by atoms with Gasteiger partial charge in [0.2, 0.25) is 0 Å². The third-order valence-electron chi connectivity index (χ3n) is 1.77. The molecule has 0 saturated heterocycles. The Balaban J connectivity index is 3.03. The number of nitrogens with two attached hydrogens (primary N) is 1. The summed E-state index contributed by atoms with van der Waals surface area (Å²) in [5, 5.41) is 0. The Morgan fingerprint density at radius 2 is 2.00 bits per heavy atom. The fraction of sp³-hybridized carbons (Fsp3) is 0.200. The van der Waals surface area contributed by atoms with E-state index in [1.54, 1.807) is 6.07 Å². The monoisotopic (exact) mass is 199 g/mol. The van der Waals surface area contributed by atoms with Crippen LogP contribution in [0.1, 0.15) is 17.2 Å². The molecule has 0 aliphatic rings. The molecule has 1 unspecified atom stereocenters. The minimum absolute atomic E-state index is 0.0204. The maximum absolute atomic E-state index is 12.2. The van der Waals surface area contributed by atoms with E-state index in [-0.39, 0.29) is 5.56 Å². The molecule has 1 atom stereocenters. The molecule has 1 aromatic carbocycles. The second kappa shape index (κ2) is 3.72. The van der Waals surface area contributed by atoms with Crippen LogP contribution in [0.2, 0.25) is 0 Å². The van der Waals surface area contributed by atoms with Gasteiger partial charge >= 0.3 is 6.18 Å². The molecule has 2 N–H and O–H groups in total. The molecule has 0 fully saturated rings. The molecular weight excluding hydrogens is 191 g/mol. The van der Waals surface area contributed by atoms with Crippen LogP contribution in [0, 0.1) is 12.3 Å². The fourth-order valence-electron chi connectivity index (χ4n) is 1.01. The highest BCUT2D eigenvalue weighted by Crippen LogP contribution is 2.30. The molecule has 1 nitrogen and oxygen atoms in total. The second-order valence-electron chi connectivity index (χ2n) is 2.79. The maximum atomic E-state index is 12.2. The lowest BCUT2D eigenvalue weighted by molar-refractivity contribution is -0.149. The van der Waals surface area contributed by atoms with Gasteiger partial charge in [0.1, 0.15) is 6.04 Å². The van der Waals surface area contributed by atoms with Gasteiger partial charge in [0.05, 0.1) is 0 Å². The number of rotatable bonds is 1. The molecule has 0 spiro atoms. The zero-order valence-electron chi connectivity index (χ0n) is 7.18. The highest BCUT2D eigenvalue weighted by molar-refractivity contribution is 5.36. The highest BCUT2D eigenvalue weighted by atomic mass is 19.4. The molecule has 4 heteroatoms. The summed E-state index contributed by atoms with van der Waals surface area (Å²) in [4.78, 5) is 0. The Hall–Kier alpha value is -1.47. The lowest BCUT2D eigenvalue weighted by Gasteiger charge is -2.15. The summed E-state index contributed by atoms with van der Waals surface area (Å²) in [6.45, 7) is 0. The SMILES string of the molecule is C#Cc1cccc(C(N)C(F)(F)F)c1. The highest BCUT2D eigenvalue weighted by Gasteiger charge is 2.37. The van der Waals surface area contributed by atoms with Gasteiger partial charge in [-0.25, -0.2) is 0 Å². The second-order valence-corrected chi connectivity index (χ2v) is 2.79. The largest absolute Gasteiger partial charge is 0.407 e. The molecular formula is C10H8F3N. The number of halogens is 3. The molecule has 1 rings (SSSR count). The van der Waals surface area contributed by atoms with Crippen molar-refractivity contribution in [3.8, 4) is 12.3 Å². The number of alkyl halides is 3. The fourth-order valence-corrected chi connectivity index (χ4v) is 1.01. The number of benzene rings is 1. The van der Waals surface area contributed by atoms with Crippen LogP contribution in [0.4, 0.5) is 13.2 Å². The van der Waals surface area contributed by atoms with Crippen molar-refractivity contribution in [1.82, 2.24) is 0 Å². The first kappa shape index (κ1) is 10.6. The van der Waals surface area contributed by atoms with Gasteiger partial charge in [0.15, 0.2) is 0 Å². The zero-order chi connectivity index (χ0) is 10.8. The van der Waals surface area contributed by atoms with Gasteiger partial charge in [-0.05, 0) is 17.7 Å². The van der Waals surface area contributed by atoms with Crippen molar-refractivity contribution in [2.45, 2.75) is 12.2 Å². The molecule has 0 heterocycles. The van der Waals surface area contributed by atoms with Gasteiger partial charge in [0, 0.05) is 5.56 Å². The average Bonchev–Trinajstić information content (AvgIpc) is 2.15. The molecule has 0 saturated carbocycles. The van der Waals surface area contributed by atoms with Crippen molar-refractivity contribution in [2.75, 3.05) is 0 Å². The topological polar surface area (TPSA) is 26.0 Å². The van der Waals surface area contributed by atoms with Gasteiger partial charge in [-0.15, -0.1) is 6.42 Å². The van der Waals surface area contributed by atoms with Crippen LogP contribution in [0.25, 0.3) is 0 Å². The summed E-state index contributed by atoms with van der Waals surface area (Å²) in [5.74, 6) is 2.25. The van der Waals surface area contributed by atoms with Crippen molar-refractivity contribution in [1.29, 1.82) is 0 Å². The number of hydrogen-bond donors (Lipinski definition) is 1. The molecule has 0 radical (unpaired) electrons. The van der Waals surface area contributed by atoms with Crippen LogP contribution < -0.4 is 5.73 Å². The Labute approximate surface area is 79.7 Å². The predicted molar refractivity (Wildman–Crippen MR) is 47.4 cm³/mol. The third-order valence-corrected chi connectivity index (χ3v) is 1.77. The van der Waals surface area contributed by atoms with E-state index in [9.17, 15) is 13.2 Å². The van der Waals surface area contributed by atoms with Gasteiger partial charge in [0.25, 0.3) is 0 Å². The predicted octanol–water partition coefficient (Wildman–Crippen LogP) is 2.23. The minimum Gasteiger partial charge on any atom is -0.316 e. The zero-order valence-corrected chi connectivity index (χ0v) is 7.18. The summed E-state index contributed by atoms with van der Waals surface area (Å²) in [6, 6.07) is 3.59. The normalized spacial score (nSPS) is 13.4. The molecule has 74 valence electrons. The van der Waals surface area contributed by atoms with Gasteiger partial charge in [-0.1, -0.05) is 18.1 Å². The molecule has 0 aromatic heterocycles. The van der Waals surface area contributed by atoms with E-state index in [1.807, 2.05) is 0 Å². The summed E-state index contributed by atoms with van der Waals surface area (Å²) in [5.41, 5.74) is 5.37. The Kier molecular flexibility index (Phi) is 2.82. The van der Waals surface area contributed by atoms with Crippen LogP contribution in [0.15, 0.2) is 24.3 Å². The molecule has 0 aliphatic carbocycles. The minimum atomic E-state index is -4.44. The van der Waals surface area contributed by atoms with E-state index in [0.717, 1.165) is 0 Å². The van der Waals surface area contributed by atoms with Crippen molar-refractivity contribution >= 4 is 0 Å². The molecule has 14 heavy (non-hydrogen) atoms. The van der Waals surface area contributed by atoms with Gasteiger partial charge in [-0.2, -0.15) is 13.2 Å². The Morgan fingerprint density at radius 3 is 2.50 bits per heavy atom. The van der Waals surface area contributed by atoms with Crippen molar-refractivity contribution < 1.29 is 13.2 Å². The molecule has 0 bridgehead atoms. The summed E-state index contributed by atoms with van der Waals surface area (Å²) in [7, 11) is 0. The van der Waals surface area contributed by atoms with E-state index >= 15 is 0 Å². The average molecular weight is 199 g/mol. The number of hydrogen-bond acceptors (Lipinski definition) is 1. The van der Waals surface area contributed by atoms with Crippen molar-refractivity contribution in [3.63, 3.8) is 0 Å². The molecule has 0 aliphatic heterocycles. The number of terminal acetylenes is 1. The van der Waals surface area contributed by atoms with Crippen molar-refractivity contribution in [2.24, 2.45) is 5.73 Å². The summed E-state index contributed by atoms with van der Waals surface area (Å²) < 4.78 is 36.6. The van der Waals surface area contributed by atoms with E-state index in [2.05, 4.69) is 5.92 Å². The maximum Gasteiger partial charge on any atom is 0.407 e. The standard InChI is InChI=1S/C10H8F3N/c1-2-7-4-3-5-8(6-7)9(14)10(11,12)13/h1,3-6,9H,14H2. The van der Waals surface area contributed by atoms with Crippen LogP contribution >= 0.6 is 0 Å². The van der Waals surface area contributed by atoms with Gasteiger partial charge < -0.3 is 5.73 Å². The van der Waals surface area contributed by atoms with E-state index < -0.39 is 12.2 Å². The van der Waals surface area contributed by atoms with Gasteiger partial charge in [-0.3, -0.25) is 0 Å². The first-order valence-corrected chi connectivity index (χ1v) is 3.84. The first-order chi connectivity index (χ1) is 6.45. The van der Waals surface area contributed by atoms with E-state index in [4.69, 9.17) is 12.2 Å². The molecule has 0 amide bonds. The lowest BCUT2D eigenvalue weighted by atomic mass is 10.0. The van der Waals surface area contributed by atoms with Crippen LogP contribution in [0.3, 0.4) is 0 Å². The molecule has 1 aromatic rings. The third kappa shape index (κ3) is 2.27. The lowest BCUT2D eigenvalue weighted by Crippen LogP contribution is -2.28. The van der Waals surface area contributed by atoms with E-state index in [0.29, 0.717) is 5.56 Å². The van der Waals surface area contributed by atoms with E-state index in [1.165, 1.54) is 18.2 Å². The Bertz CT molecular complexity index is 362. The summed E-state index contributed by atoms with van der Waals surface area (Å²) in [6.07, 6.45) is 0.619. The van der Waals surface area contributed by atoms with Crippen molar-refractivity contribution in [3.05, 3.63) is 35.4 Å². The first-order valence-electron chi connectivity index (χ1n) is 3.84. The summed E-state index contributed by atoms with van der Waals surface area (Å²) >= 11 is 0.